The first kappa shape index (κ1) is 48.2. The molecule has 0 aliphatic heterocycles. The van der Waals surface area contributed by atoms with Gasteiger partial charge < -0.3 is 21.0 Å². The standard InChI is InChI=1S/C72H54N4.H3P.H/c1-7-19-61(20-8-1)73(62-21-9-2-10-22-62)67-43-31-55(32-44-67)57-35-47-69(48-36-57)75(65-27-15-5-16-28-65)71-51-39-59(40-52-71)60-41-53-72(54-42-60)76(66-29-17-6-18-30-66)70-49-37-58(38-50-70)56-33-45-68(46-34-56)74(63-23-11-3-12-24-63)64-25-13-4-14-26-64;;/h1-54H;1H3;/q;;-1/i;1T;1+2. The number of nitrogens with zero attached hydrogens (tertiary/aromatic N) is 4. The van der Waals surface area contributed by atoms with Crippen LogP contribution in [0, 0.1) is 0 Å². The molecule has 0 aliphatic rings. The molecule has 0 aromatic heterocycles. The maximum Gasteiger partial charge on any atom is 0.0511 e. The predicted molar refractivity (Wildman–Crippen MR) is 334 cm³/mol. The Bertz CT molecular complexity index is 3410. The van der Waals surface area contributed by atoms with E-state index in [-0.39, 0.29) is 1.43 Å². The van der Waals surface area contributed by atoms with Gasteiger partial charge in [0, 0.05) is 68.2 Å². The largest absolute Gasteiger partial charge is 1.00 e. The average Bonchev–Trinajstić information content (AvgIpc) is 3.57. The SMILES string of the molecule is [3H-].[3H]P.c1ccc(N(c2ccccc2)c2ccc(-c3ccc(N(c4ccccc4)c4ccc(-c5ccc(N(c6ccccc6)c6ccc(-c7ccc(N(c8ccccc8)c8ccccc8)cc7)cc6)cc5)cc4)cc3)cc2)cc1. The second-order valence-electron chi connectivity index (χ2n) is 18.6. The van der Waals surface area contributed by atoms with Crippen LogP contribution < -0.4 is 19.6 Å². The van der Waals surface area contributed by atoms with Gasteiger partial charge in [-0.1, -0.05) is 182 Å². The Kier molecular flexibility index (Phi) is 14.5. The third-order valence-electron chi connectivity index (χ3n) is 13.8. The van der Waals surface area contributed by atoms with Crippen LogP contribution in [0.5, 0.6) is 0 Å². The molecule has 0 radical (unpaired) electrons. The first-order valence-corrected chi connectivity index (χ1v) is 25.8. The van der Waals surface area contributed by atoms with Crippen molar-refractivity contribution in [3.8, 4) is 33.4 Å². The molecule has 0 bridgehead atoms. The molecule has 0 saturated heterocycles. The maximum absolute atomic E-state index is 5.67. The minimum atomic E-state index is 0. The summed E-state index contributed by atoms with van der Waals surface area (Å²) < 4.78 is 5.67. The average molecular weight is 1010 g/mol. The van der Waals surface area contributed by atoms with Gasteiger partial charge in [0.25, 0.3) is 0 Å². The minimum absolute atomic E-state index is 0. The van der Waals surface area contributed by atoms with E-state index >= 15 is 0 Å². The zero-order valence-corrected chi connectivity index (χ0v) is 43.7. The van der Waals surface area contributed by atoms with Crippen molar-refractivity contribution >= 4 is 78.1 Å². The summed E-state index contributed by atoms with van der Waals surface area (Å²) in [5.41, 5.74) is 20.2. The van der Waals surface area contributed by atoms with Crippen LogP contribution in [0.3, 0.4) is 0 Å². The van der Waals surface area contributed by atoms with Crippen molar-refractivity contribution in [2.45, 2.75) is 0 Å². The summed E-state index contributed by atoms with van der Waals surface area (Å²) >= 11 is 0. The van der Waals surface area contributed by atoms with Gasteiger partial charge in [-0.15, -0.1) is 0 Å². The monoisotopic (exact) mass is 1010 g/mol. The fraction of sp³-hybridized carbons (Fsp3) is 0. The summed E-state index contributed by atoms with van der Waals surface area (Å²) in [5.74, 6) is 0. The molecule has 0 heterocycles. The topological polar surface area (TPSA) is 13.0 Å². The van der Waals surface area contributed by atoms with Crippen molar-refractivity contribution in [2.24, 2.45) is 0 Å². The van der Waals surface area contributed by atoms with E-state index in [4.69, 9.17) is 1.28 Å². The molecule has 12 aromatic carbocycles. The Labute approximate surface area is 459 Å². The number of anilines is 12. The van der Waals surface area contributed by atoms with Crippen LogP contribution in [0.15, 0.2) is 328 Å². The lowest BCUT2D eigenvalue weighted by atomic mass is 10.0. The minimum Gasteiger partial charge on any atom is -1.00 e. The Morgan fingerprint density at radius 2 is 0.260 bits per heavy atom. The molecular formula is C72H58N4P-. The number of hydrogen-bond donors (Lipinski definition) is 0. The van der Waals surface area contributed by atoms with Crippen LogP contribution in [0.1, 0.15) is 1.43 Å². The molecule has 372 valence electrons. The van der Waals surface area contributed by atoms with Crippen molar-refractivity contribution in [1.82, 2.24) is 0 Å². The number of para-hydroxylation sites is 6. The normalized spacial score (nSPS) is 10.8. The molecule has 0 N–H and O–H groups in total. The summed E-state index contributed by atoms with van der Waals surface area (Å²) in [4.78, 5) is 9.22. The Hall–Kier alpha value is -9.73. The van der Waals surface area contributed by atoms with Crippen LogP contribution >= 0.6 is 9.84 Å². The van der Waals surface area contributed by atoms with Gasteiger partial charge in [-0.2, -0.15) is 9.84 Å². The quantitative estimate of drug-likeness (QED) is 0.0949. The molecule has 0 fully saturated rings. The van der Waals surface area contributed by atoms with E-state index in [1.54, 1.807) is 9.84 Å². The lowest BCUT2D eigenvalue weighted by Gasteiger charge is -2.26. The fourth-order valence-corrected chi connectivity index (χ4v) is 10.1. The second kappa shape index (κ2) is 23.2. The highest BCUT2D eigenvalue weighted by atomic mass is 31.0. The molecule has 4 nitrogen and oxygen atoms in total. The van der Waals surface area contributed by atoms with Gasteiger partial charge in [-0.3, -0.25) is 0 Å². The lowest BCUT2D eigenvalue weighted by molar-refractivity contribution is 1.28. The highest BCUT2D eigenvalue weighted by molar-refractivity contribution is 6.92. The number of rotatable bonds is 15. The molecule has 0 amide bonds. The third-order valence-corrected chi connectivity index (χ3v) is 13.8. The zero-order valence-electron chi connectivity index (χ0n) is 44.5. The van der Waals surface area contributed by atoms with E-state index in [0.29, 0.717) is 0 Å². The summed E-state index contributed by atoms with van der Waals surface area (Å²) in [6.45, 7) is 0. The molecular weight excluding hydrogens is 952 g/mol. The summed E-state index contributed by atoms with van der Waals surface area (Å²) in [5, 5.41) is 0. The van der Waals surface area contributed by atoms with E-state index in [1.807, 2.05) is 0 Å². The van der Waals surface area contributed by atoms with Crippen molar-refractivity contribution in [1.29, 1.82) is 1.28 Å². The summed E-state index contributed by atoms with van der Waals surface area (Å²) in [6, 6.07) is 117. The number of benzene rings is 12. The molecule has 77 heavy (non-hydrogen) atoms. The molecule has 0 aliphatic carbocycles. The first-order valence-electron chi connectivity index (χ1n) is 26.4. The Balaban J connectivity index is 0.00000232. The van der Waals surface area contributed by atoms with Gasteiger partial charge in [0.15, 0.2) is 0 Å². The van der Waals surface area contributed by atoms with Crippen LogP contribution in [0.2, 0.25) is 0 Å². The van der Waals surface area contributed by atoms with E-state index in [1.165, 1.54) is 0 Å². The van der Waals surface area contributed by atoms with E-state index < -0.39 is 0 Å². The van der Waals surface area contributed by atoms with Gasteiger partial charge in [-0.05, 0) is 179 Å². The van der Waals surface area contributed by atoms with Crippen LogP contribution in [0.4, 0.5) is 68.2 Å². The third kappa shape index (κ3) is 10.9. The van der Waals surface area contributed by atoms with Crippen molar-refractivity contribution < 1.29 is 1.43 Å². The van der Waals surface area contributed by atoms with Gasteiger partial charge in [0.05, 0.1) is 1.28 Å². The molecule has 0 spiro atoms. The highest BCUT2D eigenvalue weighted by Gasteiger charge is 2.18. The van der Waals surface area contributed by atoms with Crippen LogP contribution in [0.25, 0.3) is 33.4 Å². The zero-order chi connectivity index (χ0) is 52.9. The molecule has 12 aromatic rings. The van der Waals surface area contributed by atoms with Crippen LogP contribution in [-0.2, 0) is 0 Å². The van der Waals surface area contributed by atoms with E-state index in [2.05, 4.69) is 347 Å². The van der Waals surface area contributed by atoms with Gasteiger partial charge in [0.2, 0.25) is 0 Å². The molecule has 12 rings (SSSR count). The Morgan fingerprint density at radius 3 is 0.377 bits per heavy atom. The highest BCUT2D eigenvalue weighted by Crippen LogP contribution is 2.41. The lowest BCUT2D eigenvalue weighted by Crippen LogP contribution is -2.10. The first-order chi connectivity index (χ1) is 38.7. The fourth-order valence-electron chi connectivity index (χ4n) is 10.1. The number of hydrogen-bond acceptors (Lipinski definition) is 4. The molecule has 1 atom stereocenters. The molecule has 5 heteroatoms. The predicted octanol–water partition coefficient (Wildman–Crippen LogP) is 20.7. The maximum atomic E-state index is 5.67. The van der Waals surface area contributed by atoms with Crippen molar-refractivity contribution in [3.63, 3.8) is 0 Å². The van der Waals surface area contributed by atoms with E-state index in [9.17, 15) is 0 Å². The van der Waals surface area contributed by atoms with Crippen LogP contribution in [-0.4, -0.2) is 1.28 Å². The molecule has 1 unspecified atom stereocenters. The van der Waals surface area contributed by atoms with Gasteiger partial charge in [0.1, 0.15) is 0 Å². The smallest absolute Gasteiger partial charge is 0.0511 e. The molecule has 0 saturated carbocycles. The van der Waals surface area contributed by atoms with Crippen molar-refractivity contribution in [2.75, 3.05) is 19.6 Å². The Morgan fingerprint density at radius 1 is 0.156 bits per heavy atom. The van der Waals surface area contributed by atoms with Gasteiger partial charge in [-0.25, -0.2) is 0 Å². The second-order valence-corrected chi connectivity index (χ2v) is 18.6. The van der Waals surface area contributed by atoms with Crippen molar-refractivity contribution in [3.05, 3.63) is 328 Å². The van der Waals surface area contributed by atoms with E-state index in [0.717, 1.165) is 102 Å². The van der Waals surface area contributed by atoms with Gasteiger partial charge >= 0.3 is 0 Å². The summed E-state index contributed by atoms with van der Waals surface area (Å²) in [6.07, 6.45) is 0. The summed E-state index contributed by atoms with van der Waals surface area (Å²) in [7, 11) is 1.67.